The molecular weight excluding hydrogens is 367 g/mol. The molecule has 0 unspecified atom stereocenters. The first-order chi connectivity index (χ1) is 14.1. The van der Waals surface area contributed by atoms with Gasteiger partial charge in [0, 0.05) is 35.4 Å². The van der Waals surface area contributed by atoms with Crippen LogP contribution < -0.4 is 10.1 Å². The molecule has 0 fully saturated rings. The van der Waals surface area contributed by atoms with Crippen molar-refractivity contribution in [2.75, 3.05) is 12.4 Å². The highest BCUT2D eigenvalue weighted by Gasteiger charge is 2.13. The summed E-state index contributed by atoms with van der Waals surface area (Å²) in [5.74, 6) is 0.350. The predicted octanol–water partition coefficient (Wildman–Crippen LogP) is 5.02. The average Bonchev–Trinajstić information content (AvgIpc) is 3.07. The Kier molecular flexibility index (Phi) is 5.29. The first kappa shape index (κ1) is 18.7. The van der Waals surface area contributed by atoms with Gasteiger partial charge in [-0.25, -0.2) is 4.39 Å². The summed E-state index contributed by atoms with van der Waals surface area (Å²) >= 11 is 0. The van der Waals surface area contributed by atoms with Gasteiger partial charge in [-0.2, -0.15) is 0 Å². The molecule has 5 heteroatoms. The summed E-state index contributed by atoms with van der Waals surface area (Å²) in [6.45, 7) is 0.609. The summed E-state index contributed by atoms with van der Waals surface area (Å²) in [6, 6.07) is 21.8. The second kappa shape index (κ2) is 8.19. The molecule has 0 saturated carbocycles. The van der Waals surface area contributed by atoms with E-state index >= 15 is 0 Å². The number of carbonyl (C=O) groups excluding carboxylic acids is 1. The number of hydrogen-bond acceptors (Lipinski definition) is 2. The van der Waals surface area contributed by atoms with E-state index in [1.54, 1.807) is 25.3 Å². The number of nitrogens with one attached hydrogen (secondary N) is 1. The number of ether oxygens (including phenoxy) is 1. The highest BCUT2D eigenvalue weighted by molar-refractivity contribution is 5.96. The van der Waals surface area contributed by atoms with E-state index in [4.69, 9.17) is 4.74 Å². The van der Waals surface area contributed by atoms with Crippen LogP contribution in [0.2, 0.25) is 0 Å². The minimum absolute atomic E-state index is 0.0945. The van der Waals surface area contributed by atoms with E-state index in [0.29, 0.717) is 18.0 Å². The third kappa shape index (κ3) is 4.29. The standard InChI is InChI=1S/C24H21FN2O2/c1-29-21-6-4-5-20(14-21)26-24(28)13-18-16-27(23-8-3-2-7-22(18)23)15-17-9-11-19(25)12-10-17/h2-12,14,16H,13,15H2,1H3,(H,26,28). The third-order valence-electron chi connectivity index (χ3n) is 4.84. The molecule has 1 heterocycles. The van der Waals surface area contributed by atoms with E-state index in [1.165, 1.54) is 12.1 Å². The highest BCUT2D eigenvalue weighted by atomic mass is 19.1. The molecule has 0 aliphatic carbocycles. The number of anilines is 1. The molecule has 0 aliphatic heterocycles. The molecule has 1 aromatic heterocycles. The van der Waals surface area contributed by atoms with Crippen molar-refractivity contribution in [3.63, 3.8) is 0 Å². The monoisotopic (exact) mass is 388 g/mol. The van der Waals surface area contributed by atoms with E-state index in [2.05, 4.69) is 9.88 Å². The molecule has 4 rings (SSSR count). The van der Waals surface area contributed by atoms with Gasteiger partial charge in [0.15, 0.2) is 0 Å². The lowest BCUT2D eigenvalue weighted by Crippen LogP contribution is -2.14. The molecule has 0 aliphatic rings. The lowest BCUT2D eigenvalue weighted by Gasteiger charge is -2.06. The molecule has 0 atom stereocenters. The molecule has 4 nitrogen and oxygen atoms in total. The lowest BCUT2D eigenvalue weighted by atomic mass is 10.1. The maximum Gasteiger partial charge on any atom is 0.228 e. The van der Waals surface area contributed by atoms with Crippen LogP contribution in [0.15, 0.2) is 79.0 Å². The number of para-hydroxylation sites is 1. The van der Waals surface area contributed by atoms with Gasteiger partial charge in [-0.1, -0.05) is 36.4 Å². The molecule has 0 bridgehead atoms. The van der Waals surface area contributed by atoms with E-state index in [-0.39, 0.29) is 18.1 Å². The molecule has 0 spiro atoms. The van der Waals surface area contributed by atoms with Gasteiger partial charge < -0.3 is 14.6 Å². The van der Waals surface area contributed by atoms with E-state index in [9.17, 15) is 9.18 Å². The number of nitrogens with zero attached hydrogens (tertiary/aromatic N) is 1. The quantitative estimate of drug-likeness (QED) is 0.504. The zero-order valence-corrected chi connectivity index (χ0v) is 16.1. The number of aromatic nitrogens is 1. The molecule has 29 heavy (non-hydrogen) atoms. The molecule has 1 N–H and O–H groups in total. The summed E-state index contributed by atoms with van der Waals surface area (Å²) in [7, 11) is 1.59. The zero-order chi connectivity index (χ0) is 20.2. The number of hydrogen-bond donors (Lipinski definition) is 1. The number of methoxy groups -OCH3 is 1. The van der Waals surface area contributed by atoms with Gasteiger partial charge in [-0.05, 0) is 41.5 Å². The van der Waals surface area contributed by atoms with Crippen molar-refractivity contribution in [1.82, 2.24) is 4.57 Å². The molecular formula is C24H21FN2O2. The van der Waals surface area contributed by atoms with Crippen molar-refractivity contribution < 1.29 is 13.9 Å². The molecule has 1 amide bonds. The van der Waals surface area contributed by atoms with Crippen molar-refractivity contribution in [3.05, 3.63) is 95.9 Å². The Morgan fingerprint density at radius 1 is 1.03 bits per heavy atom. The van der Waals surface area contributed by atoms with Gasteiger partial charge >= 0.3 is 0 Å². The van der Waals surface area contributed by atoms with E-state index in [0.717, 1.165) is 22.0 Å². The summed E-state index contributed by atoms with van der Waals surface area (Å²) in [5, 5.41) is 3.96. The van der Waals surface area contributed by atoms with Crippen LogP contribution in [0.3, 0.4) is 0 Å². The maximum absolute atomic E-state index is 13.2. The maximum atomic E-state index is 13.2. The lowest BCUT2D eigenvalue weighted by molar-refractivity contribution is -0.115. The first-order valence-corrected chi connectivity index (χ1v) is 9.37. The van der Waals surface area contributed by atoms with Gasteiger partial charge in [0.1, 0.15) is 11.6 Å². The van der Waals surface area contributed by atoms with Crippen LogP contribution in [0.4, 0.5) is 10.1 Å². The highest BCUT2D eigenvalue weighted by Crippen LogP contribution is 2.24. The fourth-order valence-electron chi connectivity index (χ4n) is 3.46. The number of benzene rings is 3. The number of rotatable bonds is 6. The molecule has 0 radical (unpaired) electrons. The Bertz CT molecular complexity index is 1150. The Labute approximate surface area is 168 Å². The van der Waals surface area contributed by atoms with Crippen LogP contribution in [0, 0.1) is 5.82 Å². The van der Waals surface area contributed by atoms with E-state index < -0.39 is 0 Å². The van der Waals surface area contributed by atoms with Crippen molar-refractivity contribution in [2.24, 2.45) is 0 Å². The van der Waals surface area contributed by atoms with Gasteiger partial charge in [0.05, 0.1) is 13.5 Å². The summed E-state index contributed by atoms with van der Waals surface area (Å²) in [6.07, 6.45) is 2.26. The number of halogens is 1. The molecule has 0 saturated heterocycles. The summed E-state index contributed by atoms with van der Waals surface area (Å²) < 4.78 is 20.5. The smallest absolute Gasteiger partial charge is 0.228 e. The minimum atomic E-state index is -0.249. The van der Waals surface area contributed by atoms with Crippen LogP contribution in [-0.2, 0) is 17.8 Å². The Balaban J connectivity index is 1.57. The summed E-state index contributed by atoms with van der Waals surface area (Å²) in [4.78, 5) is 12.6. The third-order valence-corrected chi connectivity index (χ3v) is 4.84. The molecule has 146 valence electrons. The van der Waals surface area contributed by atoms with Crippen molar-refractivity contribution in [1.29, 1.82) is 0 Å². The number of carbonyl (C=O) groups is 1. The zero-order valence-electron chi connectivity index (χ0n) is 16.1. The van der Waals surface area contributed by atoms with Gasteiger partial charge in [-0.3, -0.25) is 4.79 Å². The fraction of sp³-hybridized carbons (Fsp3) is 0.125. The second-order valence-electron chi connectivity index (χ2n) is 6.88. The van der Waals surface area contributed by atoms with Crippen LogP contribution in [0.5, 0.6) is 5.75 Å². The van der Waals surface area contributed by atoms with Crippen LogP contribution in [-0.4, -0.2) is 17.6 Å². The van der Waals surface area contributed by atoms with Gasteiger partial charge in [0.25, 0.3) is 0 Å². The average molecular weight is 388 g/mol. The van der Waals surface area contributed by atoms with Crippen molar-refractivity contribution >= 4 is 22.5 Å². The van der Waals surface area contributed by atoms with Crippen LogP contribution in [0.1, 0.15) is 11.1 Å². The molecule has 4 aromatic rings. The predicted molar refractivity (Wildman–Crippen MR) is 113 cm³/mol. The second-order valence-corrected chi connectivity index (χ2v) is 6.88. The largest absolute Gasteiger partial charge is 0.497 e. The Hall–Kier alpha value is -3.60. The SMILES string of the molecule is COc1cccc(NC(=O)Cc2cn(Cc3ccc(F)cc3)c3ccccc23)c1. The number of amides is 1. The van der Waals surface area contributed by atoms with Crippen molar-refractivity contribution in [3.8, 4) is 5.75 Å². The fourth-order valence-corrected chi connectivity index (χ4v) is 3.46. The van der Waals surface area contributed by atoms with Crippen molar-refractivity contribution in [2.45, 2.75) is 13.0 Å². The normalized spacial score (nSPS) is 10.8. The van der Waals surface area contributed by atoms with Gasteiger partial charge in [-0.15, -0.1) is 0 Å². The topological polar surface area (TPSA) is 43.3 Å². The minimum Gasteiger partial charge on any atom is -0.497 e. The van der Waals surface area contributed by atoms with Gasteiger partial charge in [0.2, 0.25) is 5.91 Å². The van der Waals surface area contributed by atoms with Crippen LogP contribution in [0.25, 0.3) is 10.9 Å². The first-order valence-electron chi connectivity index (χ1n) is 9.37. The van der Waals surface area contributed by atoms with E-state index in [1.807, 2.05) is 48.7 Å². The molecule has 3 aromatic carbocycles. The van der Waals surface area contributed by atoms with Crippen LogP contribution >= 0.6 is 0 Å². The Morgan fingerprint density at radius 2 is 1.83 bits per heavy atom. The summed E-state index contributed by atoms with van der Waals surface area (Å²) in [5.41, 5.74) is 3.69. The Morgan fingerprint density at radius 3 is 2.62 bits per heavy atom. The number of fused-ring (bicyclic) bond motifs is 1.